The molecule has 1 heterocycles. The van der Waals surface area contributed by atoms with Crippen LogP contribution in [0.2, 0.25) is 0 Å². The summed E-state index contributed by atoms with van der Waals surface area (Å²) >= 11 is 0.435. The summed E-state index contributed by atoms with van der Waals surface area (Å²) in [6.45, 7) is 1.17. The molecule has 0 bridgehead atoms. The molecule has 21 heavy (non-hydrogen) atoms. The molecule has 0 saturated heterocycles. The van der Waals surface area contributed by atoms with Gasteiger partial charge in [-0.1, -0.05) is 0 Å². The molecule has 1 aliphatic rings. The quantitative estimate of drug-likeness (QED) is 0.505. The molecule has 3 rings (SSSR count). The Morgan fingerprint density at radius 2 is 1.38 bits per heavy atom. The second-order valence-corrected chi connectivity index (χ2v) is 8.79. The van der Waals surface area contributed by atoms with Crippen LogP contribution in [0, 0.1) is 0 Å². The van der Waals surface area contributed by atoms with Gasteiger partial charge < -0.3 is 0 Å². The van der Waals surface area contributed by atoms with Crippen molar-refractivity contribution in [2.75, 3.05) is 27.7 Å². The first-order valence-electron chi connectivity index (χ1n) is 7.42. The Hall–Kier alpha value is -1.34. The van der Waals surface area contributed by atoms with Crippen molar-refractivity contribution >= 4 is 29.5 Å². The van der Waals surface area contributed by atoms with Crippen molar-refractivity contribution in [2.45, 2.75) is 6.42 Å². The molecule has 0 saturated carbocycles. The Kier molecular flexibility index (Phi) is 4.03. The predicted molar refractivity (Wildman–Crippen MR) is 92.5 cm³/mol. The number of benzene rings is 2. The van der Waals surface area contributed by atoms with E-state index in [9.17, 15) is 0 Å². The molecule has 1 aliphatic heterocycles. The van der Waals surface area contributed by atoms with Gasteiger partial charge in [-0.15, -0.1) is 0 Å². The summed E-state index contributed by atoms with van der Waals surface area (Å²) in [4.78, 5) is 0. The van der Waals surface area contributed by atoms with Crippen LogP contribution in [0.3, 0.4) is 0 Å². The fraction of sp³-hybridized carbons (Fsp3) is 0.263. The number of quaternary nitrogens is 1. The molecule has 0 atom stereocenters. The summed E-state index contributed by atoms with van der Waals surface area (Å²) < 4.78 is 4.04. The van der Waals surface area contributed by atoms with Crippen LogP contribution in [0.4, 0.5) is 0 Å². The van der Waals surface area contributed by atoms with Crippen LogP contribution in [0.25, 0.3) is 5.57 Å². The number of rotatable bonds is 3. The minimum absolute atomic E-state index is 0.435. The average Bonchev–Trinajstić information content (AvgIpc) is 2.45. The van der Waals surface area contributed by atoms with Gasteiger partial charge >= 0.3 is 134 Å². The van der Waals surface area contributed by atoms with Crippen LogP contribution in [0.15, 0.2) is 54.6 Å². The van der Waals surface area contributed by atoms with Crippen molar-refractivity contribution in [3.05, 3.63) is 65.7 Å². The summed E-state index contributed by atoms with van der Waals surface area (Å²) in [7, 11) is 6.76. The SMILES string of the molecule is C[N+](C)(C)CCC=C1c2ccccc2[Se]c2ccccc21. The van der Waals surface area contributed by atoms with Gasteiger partial charge in [-0.05, 0) is 0 Å². The van der Waals surface area contributed by atoms with Crippen molar-refractivity contribution in [3.8, 4) is 0 Å². The van der Waals surface area contributed by atoms with Crippen LogP contribution in [0.5, 0.6) is 0 Å². The van der Waals surface area contributed by atoms with Gasteiger partial charge in [-0.25, -0.2) is 0 Å². The molecule has 0 aliphatic carbocycles. The molecule has 2 aromatic carbocycles. The molecule has 0 N–H and O–H groups in total. The summed E-state index contributed by atoms with van der Waals surface area (Å²) in [5.74, 6) is 0. The van der Waals surface area contributed by atoms with Crippen molar-refractivity contribution in [1.29, 1.82) is 0 Å². The second kappa shape index (κ2) is 5.81. The van der Waals surface area contributed by atoms with E-state index in [-0.39, 0.29) is 0 Å². The Bertz CT molecular complexity index is 632. The van der Waals surface area contributed by atoms with E-state index in [0.717, 1.165) is 10.9 Å². The van der Waals surface area contributed by atoms with E-state index in [1.807, 2.05) is 0 Å². The van der Waals surface area contributed by atoms with E-state index in [1.54, 1.807) is 0 Å². The third-order valence-corrected chi connectivity index (χ3v) is 6.14. The van der Waals surface area contributed by atoms with Crippen molar-refractivity contribution in [1.82, 2.24) is 0 Å². The molecule has 0 aromatic heterocycles. The maximum absolute atomic E-state index is 2.44. The van der Waals surface area contributed by atoms with E-state index < -0.39 is 0 Å². The van der Waals surface area contributed by atoms with Crippen LogP contribution in [0.1, 0.15) is 17.5 Å². The maximum atomic E-state index is 2.44. The van der Waals surface area contributed by atoms with Crippen LogP contribution in [-0.2, 0) is 0 Å². The molecule has 0 spiro atoms. The summed E-state index contributed by atoms with van der Waals surface area (Å²) in [6, 6.07) is 17.8. The van der Waals surface area contributed by atoms with E-state index in [1.165, 1.54) is 32.2 Å². The molecular formula is C19H22NSe+. The van der Waals surface area contributed by atoms with E-state index >= 15 is 0 Å². The first-order valence-corrected chi connectivity index (χ1v) is 9.13. The van der Waals surface area contributed by atoms with Crippen molar-refractivity contribution in [3.63, 3.8) is 0 Å². The zero-order valence-electron chi connectivity index (χ0n) is 13.0. The van der Waals surface area contributed by atoms with Gasteiger partial charge in [0, 0.05) is 0 Å². The standard InChI is InChI=1S/C19H22NSe/c1-20(2,3)14-8-11-15-16-9-4-6-12-18(16)21-19-13-7-5-10-17(15)19/h4-7,9-13H,8,14H2,1-3H3/q+1. The average molecular weight is 343 g/mol. The summed E-state index contributed by atoms with van der Waals surface area (Å²) in [5.41, 5.74) is 4.32. The van der Waals surface area contributed by atoms with Gasteiger partial charge in [0.05, 0.1) is 0 Å². The monoisotopic (exact) mass is 344 g/mol. The van der Waals surface area contributed by atoms with Gasteiger partial charge in [0.1, 0.15) is 0 Å². The topological polar surface area (TPSA) is 0 Å². The molecule has 0 amide bonds. The van der Waals surface area contributed by atoms with Gasteiger partial charge in [0.15, 0.2) is 0 Å². The first-order chi connectivity index (χ1) is 10.0. The molecule has 0 radical (unpaired) electrons. The summed E-state index contributed by atoms with van der Waals surface area (Å²) in [5, 5.41) is 0. The van der Waals surface area contributed by atoms with Gasteiger partial charge in [0.25, 0.3) is 0 Å². The molecule has 2 heteroatoms. The Labute approximate surface area is 134 Å². The van der Waals surface area contributed by atoms with Gasteiger partial charge in [-0.3, -0.25) is 0 Å². The van der Waals surface area contributed by atoms with Gasteiger partial charge in [0.2, 0.25) is 0 Å². The minimum atomic E-state index is 0.435. The molecule has 2 aromatic rings. The number of nitrogens with zero attached hydrogens (tertiary/aromatic N) is 1. The zero-order chi connectivity index (χ0) is 14.9. The molecule has 0 unspecified atom stereocenters. The van der Waals surface area contributed by atoms with Crippen molar-refractivity contribution < 1.29 is 4.48 Å². The fourth-order valence-corrected chi connectivity index (χ4v) is 4.96. The zero-order valence-corrected chi connectivity index (χ0v) is 14.7. The van der Waals surface area contributed by atoms with Gasteiger partial charge in [-0.2, -0.15) is 0 Å². The normalized spacial score (nSPS) is 13.6. The number of fused-ring (bicyclic) bond motifs is 2. The summed E-state index contributed by atoms with van der Waals surface area (Å²) in [6.07, 6.45) is 3.56. The number of hydrogen-bond acceptors (Lipinski definition) is 0. The predicted octanol–water partition coefficient (Wildman–Crippen LogP) is 2.18. The molecule has 1 nitrogen and oxygen atoms in total. The Morgan fingerprint density at radius 1 is 0.857 bits per heavy atom. The van der Waals surface area contributed by atoms with E-state index in [2.05, 4.69) is 75.7 Å². The van der Waals surface area contributed by atoms with Crippen LogP contribution in [-0.4, -0.2) is 47.1 Å². The van der Waals surface area contributed by atoms with Crippen LogP contribution >= 0.6 is 0 Å². The first kappa shape index (κ1) is 14.6. The molecular weight excluding hydrogens is 321 g/mol. The van der Waals surface area contributed by atoms with Crippen molar-refractivity contribution in [2.24, 2.45) is 0 Å². The van der Waals surface area contributed by atoms with E-state index in [0.29, 0.717) is 15.0 Å². The Morgan fingerprint density at radius 3 is 1.90 bits per heavy atom. The second-order valence-electron chi connectivity index (χ2n) is 6.51. The van der Waals surface area contributed by atoms with E-state index in [4.69, 9.17) is 0 Å². The third-order valence-electron chi connectivity index (χ3n) is 3.72. The molecule has 108 valence electrons. The van der Waals surface area contributed by atoms with Crippen LogP contribution < -0.4 is 8.92 Å². The Balaban J connectivity index is 2.00. The third kappa shape index (κ3) is 3.29. The fourth-order valence-electron chi connectivity index (χ4n) is 2.64. The number of hydrogen-bond donors (Lipinski definition) is 0. The molecule has 0 fully saturated rings.